The highest BCUT2D eigenvalue weighted by Crippen LogP contribution is 2.28. The molecule has 0 unspecified atom stereocenters. The summed E-state index contributed by atoms with van der Waals surface area (Å²) in [6, 6.07) is 8.08. The Labute approximate surface area is 163 Å². The lowest BCUT2D eigenvalue weighted by molar-refractivity contribution is 0.0758. The van der Waals surface area contributed by atoms with Crippen LogP contribution >= 0.6 is 23.1 Å². The summed E-state index contributed by atoms with van der Waals surface area (Å²) in [6.07, 6.45) is 2.26. The smallest absolute Gasteiger partial charge is 0.253 e. The van der Waals surface area contributed by atoms with Crippen molar-refractivity contribution in [3.8, 4) is 0 Å². The van der Waals surface area contributed by atoms with Gasteiger partial charge in [0, 0.05) is 34.7 Å². The van der Waals surface area contributed by atoms with Crippen LogP contribution in [0.25, 0.3) is 0 Å². The number of benzene rings is 1. The third-order valence-electron chi connectivity index (χ3n) is 5.46. The van der Waals surface area contributed by atoms with Gasteiger partial charge in [0.2, 0.25) is 0 Å². The van der Waals surface area contributed by atoms with Gasteiger partial charge in [0.1, 0.15) is 0 Å². The molecule has 1 N–H and O–H groups in total. The molecule has 2 aromatic rings. The normalized spacial score (nSPS) is 22.9. The molecule has 2 aliphatic rings. The summed E-state index contributed by atoms with van der Waals surface area (Å²) in [6.45, 7) is 6.06. The molecule has 2 fully saturated rings. The highest BCUT2D eigenvalue weighted by molar-refractivity contribution is 7.98. The van der Waals surface area contributed by atoms with Crippen LogP contribution in [0.15, 0.2) is 34.5 Å². The van der Waals surface area contributed by atoms with E-state index in [0.717, 1.165) is 72.9 Å². The van der Waals surface area contributed by atoms with Crippen molar-refractivity contribution < 1.29 is 4.79 Å². The number of nitrogens with zero attached hydrogens (tertiary/aromatic N) is 2. The van der Waals surface area contributed by atoms with Crippen LogP contribution in [0.3, 0.4) is 0 Å². The Morgan fingerprint density at radius 3 is 2.54 bits per heavy atom. The number of thiazole rings is 1. The third kappa shape index (κ3) is 4.13. The lowest BCUT2D eigenvalue weighted by Gasteiger charge is -2.21. The van der Waals surface area contributed by atoms with Gasteiger partial charge in [-0.1, -0.05) is 0 Å². The second-order valence-corrected chi connectivity index (χ2v) is 9.33. The largest absolute Gasteiger partial charge is 0.339 e. The van der Waals surface area contributed by atoms with E-state index >= 15 is 0 Å². The summed E-state index contributed by atoms with van der Waals surface area (Å²) in [5.74, 6) is 2.56. The van der Waals surface area contributed by atoms with E-state index in [1.165, 1.54) is 4.90 Å². The first-order valence-electron chi connectivity index (χ1n) is 9.33. The van der Waals surface area contributed by atoms with Crippen LogP contribution < -0.4 is 5.32 Å². The van der Waals surface area contributed by atoms with Gasteiger partial charge in [-0.2, -0.15) is 0 Å². The Balaban J connectivity index is 1.34. The van der Waals surface area contributed by atoms with Crippen molar-refractivity contribution in [3.63, 3.8) is 0 Å². The number of rotatable bonds is 4. The Hall–Kier alpha value is -1.37. The molecule has 1 aromatic heterocycles. The van der Waals surface area contributed by atoms with Gasteiger partial charge in [-0.25, -0.2) is 4.98 Å². The average molecular weight is 388 g/mol. The van der Waals surface area contributed by atoms with Gasteiger partial charge in [0.25, 0.3) is 5.91 Å². The molecule has 1 amide bonds. The molecule has 0 radical (unpaired) electrons. The van der Waals surface area contributed by atoms with E-state index in [-0.39, 0.29) is 5.91 Å². The van der Waals surface area contributed by atoms with Crippen molar-refractivity contribution in [3.05, 3.63) is 45.9 Å². The van der Waals surface area contributed by atoms with Crippen molar-refractivity contribution in [2.45, 2.75) is 30.4 Å². The van der Waals surface area contributed by atoms with Crippen LogP contribution in [0, 0.1) is 18.8 Å². The molecule has 0 aliphatic carbocycles. The number of thioether (sulfide) groups is 1. The molecule has 0 spiro atoms. The Morgan fingerprint density at radius 1 is 1.23 bits per heavy atom. The molecule has 4 nitrogen and oxygen atoms in total. The standard InChI is InChI=1S/C20H25N3OS2/c1-14-22-18(12-25-14)13-26-19-4-2-15(3-5-19)20(24)23-8-6-16-10-21-11-17(16)7-9-23/h2-5,12,16-17,21H,6-11,13H2,1H3/t16-,17+. The highest BCUT2D eigenvalue weighted by atomic mass is 32.2. The fourth-order valence-electron chi connectivity index (χ4n) is 3.93. The minimum absolute atomic E-state index is 0.185. The topological polar surface area (TPSA) is 45.2 Å². The van der Waals surface area contributed by atoms with Crippen LogP contribution in [0.4, 0.5) is 0 Å². The Kier molecular flexibility index (Phi) is 5.62. The van der Waals surface area contributed by atoms with Crippen molar-refractivity contribution in [1.29, 1.82) is 0 Å². The number of amides is 1. The second kappa shape index (κ2) is 8.11. The van der Waals surface area contributed by atoms with Gasteiger partial charge in [-0.3, -0.25) is 4.79 Å². The average Bonchev–Trinajstić information content (AvgIpc) is 3.24. The molecule has 26 heavy (non-hydrogen) atoms. The summed E-state index contributed by atoms with van der Waals surface area (Å²) in [5.41, 5.74) is 1.94. The first-order chi connectivity index (χ1) is 12.7. The van der Waals surface area contributed by atoms with E-state index in [2.05, 4.69) is 32.7 Å². The van der Waals surface area contributed by atoms with Gasteiger partial charge >= 0.3 is 0 Å². The van der Waals surface area contributed by atoms with Crippen LogP contribution in [0.5, 0.6) is 0 Å². The van der Waals surface area contributed by atoms with Gasteiger partial charge in [0.05, 0.1) is 10.7 Å². The minimum Gasteiger partial charge on any atom is -0.339 e. The lowest BCUT2D eigenvalue weighted by Crippen LogP contribution is -2.32. The monoisotopic (exact) mass is 387 g/mol. The molecule has 6 heteroatoms. The number of aryl methyl sites for hydroxylation is 1. The molecule has 0 bridgehead atoms. The number of likely N-dealkylation sites (tertiary alicyclic amines) is 1. The maximum Gasteiger partial charge on any atom is 0.253 e. The van der Waals surface area contributed by atoms with E-state index in [1.807, 2.05) is 19.1 Å². The van der Waals surface area contributed by atoms with Gasteiger partial charge in [-0.15, -0.1) is 23.1 Å². The SMILES string of the molecule is Cc1nc(CSc2ccc(C(=O)N3CC[C@@H]4CNC[C@@H]4CC3)cc2)cs1. The number of carbonyl (C=O) groups excluding carboxylic acids is 1. The predicted molar refractivity (Wildman–Crippen MR) is 108 cm³/mol. The van der Waals surface area contributed by atoms with E-state index in [1.54, 1.807) is 23.1 Å². The molecule has 2 saturated heterocycles. The van der Waals surface area contributed by atoms with Crippen LogP contribution in [-0.4, -0.2) is 42.0 Å². The van der Waals surface area contributed by atoms with Crippen LogP contribution in [-0.2, 0) is 5.75 Å². The maximum atomic E-state index is 12.9. The van der Waals surface area contributed by atoms with Gasteiger partial charge in [0.15, 0.2) is 0 Å². The number of hydrogen-bond donors (Lipinski definition) is 1. The van der Waals surface area contributed by atoms with E-state index in [9.17, 15) is 4.79 Å². The molecule has 3 heterocycles. The molecule has 2 atom stereocenters. The lowest BCUT2D eigenvalue weighted by atomic mass is 9.92. The van der Waals surface area contributed by atoms with Crippen LogP contribution in [0.2, 0.25) is 0 Å². The summed E-state index contributed by atoms with van der Waals surface area (Å²) < 4.78 is 0. The van der Waals surface area contributed by atoms with Crippen molar-refractivity contribution in [2.75, 3.05) is 26.2 Å². The molecule has 138 valence electrons. The summed E-state index contributed by atoms with van der Waals surface area (Å²) in [5, 5.41) is 6.72. The zero-order valence-electron chi connectivity index (χ0n) is 15.1. The number of nitrogens with one attached hydrogen (secondary N) is 1. The number of fused-ring (bicyclic) bond motifs is 1. The quantitative estimate of drug-likeness (QED) is 0.810. The molecule has 0 saturated carbocycles. The van der Waals surface area contributed by atoms with E-state index < -0.39 is 0 Å². The second-order valence-electron chi connectivity index (χ2n) is 7.22. The molecular formula is C20H25N3OS2. The number of hydrogen-bond acceptors (Lipinski definition) is 5. The number of carbonyl (C=O) groups is 1. The van der Waals surface area contributed by atoms with Crippen molar-refractivity contribution in [1.82, 2.24) is 15.2 Å². The number of aromatic nitrogens is 1. The van der Waals surface area contributed by atoms with Crippen molar-refractivity contribution in [2.24, 2.45) is 11.8 Å². The summed E-state index contributed by atoms with van der Waals surface area (Å²) in [4.78, 5) is 20.6. The van der Waals surface area contributed by atoms with E-state index in [0.29, 0.717) is 0 Å². The fourth-order valence-corrected chi connectivity index (χ4v) is 5.44. The minimum atomic E-state index is 0.185. The predicted octanol–water partition coefficient (Wildman–Crippen LogP) is 3.82. The van der Waals surface area contributed by atoms with Gasteiger partial charge < -0.3 is 10.2 Å². The first-order valence-corrected chi connectivity index (χ1v) is 11.2. The Morgan fingerprint density at radius 2 is 1.92 bits per heavy atom. The van der Waals surface area contributed by atoms with Crippen LogP contribution in [0.1, 0.15) is 33.9 Å². The Bertz CT molecular complexity index is 745. The fraction of sp³-hybridized carbons (Fsp3) is 0.500. The maximum absolute atomic E-state index is 12.9. The van der Waals surface area contributed by atoms with E-state index in [4.69, 9.17) is 0 Å². The summed E-state index contributed by atoms with van der Waals surface area (Å²) in [7, 11) is 0. The molecular weight excluding hydrogens is 362 g/mol. The van der Waals surface area contributed by atoms with Gasteiger partial charge in [-0.05, 0) is 69.0 Å². The highest BCUT2D eigenvalue weighted by Gasteiger charge is 2.31. The molecule has 1 aromatic carbocycles. The zero-order valence-corrected chi connectivity index (χ0v) is 16.7. The zero-order chi connectivity index (χ0) is 17.9. The third-order valence-corrected chi connectivity index (χ3v) is 7.33. The summed E-state index contributed by atoms with van der Waals surface area (Å²) >= 11 is 3.46. The molecule has 4 rings (SSSR count). The molecule has 2 aliphatic heterocycles. The first kappa shape index (κ1) is 18.0. The van der Waals surface area contributed by atoms with Crippen molar-refractivity contribution >= 4 is 29.0 Å².